The van der Waals surface area contributed by atoms with E-state index in [-0.39, 0.29) is 29.2 Å². The number of benzene rings is 2. The first-order valence-corrected chi connectivity index (χ1v) is 13.6. The molecule has 11 heteroatoms. The minimum Gasteiger partial charge on any atom is -0.466 e. The first kappa shape index (κ1) is 31.5. The predicted octanol–water partition coefficient (Wildman–Crippen LogP) is 5.90. The van der Waals surface area contributed by atoms with E-state index in [1.807, 2.05) is 54.9 Å². The molecule has 0 saturated carbocycles. The molecule has 1 aromatic heterocycles. The third kappa shape index (κ3) is 7.40. The highest BCUT2D eigenvalue weighted by Gasteiger charge is 2.39. The van der Waals surface area contributed by atoms with Gasteiger partial charge in [0.15, 0.2) is 0 Å². The highest BCUT2D eigenvalue weighted by atomic mass is 35.5. The molecule has 1 aliphatic heterocycles. The molecule has 1 N–H and O–H groups in total. The number of nitro benzene ring substituents is 1. The predicted molar refractivity (Wildman–Crippen MR) is 160 cm³/mol. The van der Waals surface area contributed by atoms with Gasteiger partial charge in [-0.05, 0) is 43.5 Å². The van der Waals surface area contributed by atoms with Gasteiger partial charge in [-0.1, -0.05) is 48.5 Å². The Morgan fingerprint density at radius 2 is 1.71 bits per heavy atom. The Labute approximate surface area is 249 Å². The molecule has 0 saturated heterocycles. The molecular weight excluding hydrogens is 566 g/mol. The summed E-state index contributed by atoms with van der Waals surface area (Å²) in [5.41, 5.74) is 2.76. The van der Waals surface area contributed by atoms with Gasteiger partial charge in [0.1, 0.15) is 6.10 Å². The van der Waals surface area contributed by atoms with Gasteiger partial charge in [0, 0.05) is 41.5 Å². The number of hydrogen-bond acceptors (Lipinski definition) is 9. The van der Waals surface area contributed by atoms with Gasteiger partial charge in [0.2, 0.25) is 0 Å². The van der Waals surface area contributed by atoms with Crippen LogP contribution < -0.4 is 5.32 Å². The SMILES string of the molecule is COC(=O)C1=C(C)NC(C)=C(C(=O)OC(CN(C)Cc2ccccc2)c2cccs2)C1c1cccc([N+](=O)[O-])c1.Cl. The Bertz CT molecular complexity index is 1460. The topological polar surface area (TPSA) is 111 Å². The van der Waals surface area contributed by atoms with Gasteiger partial charge in [-0.25, -0.2) is 9.59 Å². The Hall–Kier alpha value is -3.99. The van der Waals surface area contributed by atoms with Gasteiger partial charge in [-0.15, -0.1) is 23.7 Å². The van der Waals surface area contributed by atoms with Crippen LogP contribution in [0.5, 0.6) is 0 Å². The van der Waals surface area contributed by atoms with E-state index in [0.717, 1.165) is 10.4 Å². The standard InChI is InChI=1S/C30H31N3O6S.ClH/c1-19-26(29(34)38-4)28(22-12-8-13-23(16-22)33(36)37)27(20(2)31-19)30(35)39-24(25-14-9-15-40-25)18-32(3)17-21-10-6-5-7-11-21;/h5-16,24,28,31H,17-18H2,1-4H3;1H. The lowest BCUT2D eigenvalue weighted by Crippen LogP contribution is -2.34. The quantitative estimate of drug-likeness (QED) is 0.175. The van der Waals surface area contributed by atoms with Gasteiger partial charge in [0.25, 0.3) is 5.69 Å². The Morgan fingerprint density at radius 3 is 2.32 bits per heavy atom. The van der Waals surface area contributed by atoms with Crippen molar-refractivity contribution >= 4 is 41.4 Å². The number of non-ortho nitro benzene ring substituents is 1. The van der Waals surface area contributed by atoms with Crippen LogP contribution in [0.15, 0.2) is 94.7 Å². The zero-order chi connectivity index (χ0) is 28.8. The second-order valence-electron chi connectivity index (χ2n) is 9.57. The number of dihydropyridines is 1. The van der Waals surface area contributed by atoms with Gasteiger partial charge in [-0.3, -0.25) is 15.0 Å². The van der Waals surface area contributed by atoms with Crippen molar-refractivity contribution in [2.75, 3.05) is 20.7 Å². The molecule has 41 heavy (non-hydrogen) atoms. The number of likely N-dealkylation sites (N-methyl/N-ethyl adjacent to an activating group) is 1. The number of hydrogen-bond donors (Lipinski definition) is 1. The van der Waals surface area contributed by atoms with E-state index in [4.69, 9.17) is 9.47 Å². The number of carbonyl (C=O) groups is 2. The molecule has 216 valence electrons. The summed E-state index contributed by atoms with van der Waals surface area (Å²) in [4.78, 5) is 40.9. The van der Waals surface area contributed by atoms with Gasteiger partial charge in [0.05, 0.1) is 29.1 Å². The average Bonchev–Trinajstić information content (AvgIpc) is 3.47. The molecule has 9 nitrogen and oxygen atoms in total. The van der Waals surface area contributed by atoms with Crippen molar-refractivity contribution in [2.24, 2.45) is 0 Å². The van der Waals surface area contributed by atoms with Gasteiger partial charge < -0.3 is 14.8 Å². The molecule has 2 heterocycles. The third-order valence-corrected chi connectivity index (χ3v) is 7.65. The molecule has 2 unspecified atom stereocenters. The number of halogens is 1. The lowest BCUT2D eigenvalue weighted by atomic mass is 9.80. The van der Waals surface area contributed by atoms with Crippen LogP contribution >= 0.6 is 23.7 Å². The van der Waals surface area contributed by atoms with Crippen molar-refractivity contribution in [2.45, 2.75) is 32.4 Å². The number of ether oxygens (including phenoxy) is 2. The van der Waals surface area contributed by atoms with E-state index in [2.05, 4.69) is 10.2 Å². The molecule has 0 fully saturated rings. The molecule has 0 amide bonds. The van der Waals surface area contributed by atoms with Crippen LogP contribution in [0.4, 0.5) is 5.69 Å². The first-order valence-electron chi connectivity index (χ1n) is 12.7. The van der Waals surface area contributed by atoms with Gasteiger partial charge in [-0.2, -0.15) is 0 Å². The third-order valence-electron chi connectivity index (χ3n) is 6.68. The van der Waals surface area contributed by atoms with Gasteiger partial charge >= 0.3 is 11.9 Å². The first-order chi connectivity index (χ1) is 19.2. The summed E-state index contributed by atoms with van der Waals surface area (Å²) in [5.74, 6) is -2.19. The van der Waals surface area contributed by atoms with E-state index < -0.39 is 28.9 Å². The second kappa shape index (κ2) is 14.1. The zero-order valence-electron chi connectivity index (χ0n) is 23.2. The number of nitrogens with one attached hydrogen (secondary N) is 1. The summed E-state index contributed by atoms with van der Waals surface area (Å²) in [6.45, 7) is 4.52. The van der Waals surface area contributed by atoms with E-state index >= 15 is 0 Å². The van der Waals surface area contributed by atoms with E-state index in [0.29, 0.717) is 30.0 Å². The largest absolute Gasteiger partial charge is 0.466 e. The molecule has 4 rings (SSSR count). The summed E-state index contributed by atoms with van der Waals surface area (Å²) in [7, 11) is 3.22. The molecule has 2 atom stereocenters. The summed E-state index contributed by atoms with van der Waals surface area (Å²) < 4.78 is 11.2. The van der Waals surface area contributed by atoms with Crippen molar-refractivity contribution < 1.29 is 24.0 Å². The number of carbonyl (C=O) groups excluding carboxylic acids is 2. The summed E-state index contributed by atoms with van der Waals surface area (Å²) in [5, 5.41) is 16.6. The van der Waals surface area contributed by atoms with Crippen LogP contribution in [0, 0.1) is 10.1 Å². The van der Waals surface area contributed by atoms with Crippen molar-refractivity contribution in [3.8, 4) is 0 Å². The highest BCUT2D eigenvalue weighted by Crippen LogP contribution is 2.41. The number of allylic oxidation sites excluding steroid dienone is 2. The fourth-order valence-corrected chi connectivity index (χ4v) is 5.64. The molecule has 0 spiro atoms. The van der Waals surface area contributed by atoms with E-state index in [1.165, 1.54) is 36.6 Å². The fraction of sp³-hybridized carbons (Fsp3) is 0.267. The molecule has 0 radical (unpaired) electrons. The van der Waals surface area contributed by atoms with Crippen LogP contribution in [-0.2, 0) is 25.6 Å². The van der Waals surface area contributed by atoms with Crippen molar-refractivity contribution in [1.82, 2.24) is 10.2 Å². The number of nitrogens with zero attached hydrogens (tertiary/aromatic N) is 2. The number of thiophene rings is 1. The molecule has 3 aromatic rings. The monoisotopic (exact) mass is 597 g/mol. The minimum absolute atomic E-state index is 0. The highest BCUT2D eigenvalue weighted by molar-refractivity contribution is 7.10. The zero-order valence-corrected chi connectivity index (χ0v) is 24.8. The number of nitro groups is 1. The van der Waals surface area contributed by atoms with Crippen LogP contribution in [0.2, 0.25) is 0 Å². The summed E-state index contributed by atoms with van der Waals surface area (Å²) in [6.07, 6.45) is -0.583. The maximum Gasteiger partial charge on any atom is 0.337 e. The molecular formula is C30H32ClN3O6S. The molecule has 2 aromatic carbocycles. The Morgan fingerprint density at radius 1 is 1.02 bits per heavy atom. The molecule has 1 aliphatic rings. The average molecular weight is 598 g/mol. The second-order valence-corrected chi connectivity index (χ2v) is 10.6. The molecule has 0 aliphatic carbocycles. The normalized spacial score (nSPS) is 15.6. The Kier molecular flexibility index (Phi) is 10.8. The minimum atomic E-state index is -0.924. The summed E-state index contributed by atoms with van der Waals surface area (Å²) >= 11 is 1.49. The number of rotatable bonds is 10. The van der Waals surface area contributed by atoms with Crippen molar-refractivity contribution in [1.29, 1.82) is 0 Å². The van der Waals surface area contributed by atoms with Crippen LogP contribution in [0.25, 0.3) is 0 Å². The maximum atomic E-state index is 14.0. The number of esters is 2. The van der Waals surface area contributed by atoms with Crippen LogP contribution in [0.3, 0.4) is 0 Å². The van der Waals surface area contributed by atoms with Crippen LogP contribution in [-0.4, -0.2) is 42.5 Å². The van der Waals surface area contributed by atoms with E-state index in [1.54, 1.807) is 19.9 Å². The van der Waals surface area contributed by atoms with Crippen molar-refractivity contribution in [3.63, 3.8) is 0 Å². The maximum absolute atomic E-state index is 14.0. The van der Waals surface area contributed by atoms with E-state index in [9.17, 15) is 19.7 Å². The lowest BCUT2D eigenvalue weighted by Gasteiger charge is -2.31. The molecule has 0 bridgehead atoms. The summed E-state index contributed by atoms with van der Waals surface area (Å²) in [6, 6.07) is 19.7. The smallest absolute Gasteiger partial charge is 0.337 e. The van der Waals surface area contributed by atoms with Crippen LogP contribution in [0.1, 0.15) is 41.9 Å². The fourth-order valence-electron chi connectivity index (χ4n) is 4.89. The Balaban J connectivity index is 0.00000462. The number of methoxy groups -OCH3 is 1. The lowest BCUT2D eigenvalue weighted by molar-refractivity contribution is -0.384. The van der Waals surface area contributed by atoms with Crippen molar-refractivity contribution in [3.05, 3.63) is 121 Å².